The molecule has 1 fully saturated rings. The first-order valence-electron chi connectivity index (χ1n) is 6.65. The molecule has 0 saturated heterocycles. The fraction of sp³-hybridized carbons (Fsp3) is 0.643. The van der Waals surface area contributed by atoms with Crippen LogP contribution in [-0.2, 0) is 4.74 Å². The summed E-state index contributed by atoms with van der Waals surface area (Å²) in [5.41, 5.74) is 8.22. The summed E-state index contributed by atoms with van der Waals surface area (Å²) in [5.74, 6) is 1.26. The summed E-state index contributed by atoms with van der Waals surface area (Å²) in [7, 11) is 1.78. The van der Waals surface area contributed by atoms with E-state index in [-0.39, 0.29) is 12.1 Å². The number of aromatic nitrogens is 1. The van der Waals surface area contributed by atoms with Crippen molar-refractivity contribution in [3.63, 3.8) is 0 Å². The van der Waals surface area contributed by atoms with Crippen molar-refractivity contribution < 1.29 is 4.74 Å². The Morgan fingerprint density at radius 3 is 2.83 bits per heavy atom. The number of hydrogen-bond donors (Lipinski definition) is 2. The molecule has 0 bridgehead atoms. The van der Waals surface area contributed by atoms with Crippen LogP contribution in [0.4, 0.5) is 5.82 Å². The van der Waals surface area contributed by atoms with Gasteiger partial charge < -0.3 is 15.8 Å². The maximum atomic E-state index is 6.03. The van der Waals surface area contributed by atoms with Crippen LogP contribution in [0.5, 0.6) is 0 Å². The zero-order valence-electron chi connectivity index (χ0n) is 11.4. The molecule has 0 aromatic carbocycles. The Bertz CT molecular complexity index is 404. The number of likely N-dealkylation sites (N-methyl/N-ethyl adjacent to an activating group) is 1. The molecule has 1 aliphatic carbocycles. The largest absolute Gasteiger partial charge is 0.383 e. The molecule has 2 rings (SSSR count). The van der Waals surface area contributed by atoms with Gasteiger partial charge in [-0.1, -0.05) is 6.92 Å². The lowest BCUT2D eigenvalue weighted by Crippen LogP contribution is -2.35. The van der Waals surface area contributed by atoms with Crippen molar-refractivity contribution in [1.29, 1.82) is 0 Å². The molecule has 0 amide bonds. The molecule has 1 aromatic rings. The number of methoxy groups -OCH3 is 1. The van der Waals surface area contributed by atoms with Crippen LogP contribution in [0.2, 0.25) is 0 Å². The zero-order valence-corrected chi connectivity index (χ0v) is 11.4. The SMILES string of the molecule is CCNC(c1cc(C)cnc1N)C(OC)C1CC1. The van der Waals surface area contributed by atoms with Gasteiger partial charge in [-0.2, -0.15) is 0 Å². The average Bonchev–Trinajstić information content (AvgIpc) is 3.17. The first-order chi connectivity index (χ1) is 8.67. The topological polar surface area (TPSA) is 60.2 Å². The Balaban J connectivity index is 2.30. The molecule has 18 heavy (non-hydrogen) atoms. The molecule has 0 spiro atoms. The molecule has 0 aliphatic heterocycles. The normalized spacial score (nSPS) is 18.6. The van der Waals surface area contributed by atoms with Crippen LogP contribution in [0.15, 0.2) is 12.3 Å². The highest BCUT2D eigenvalue weighted by Crippen LogP contribution is 2.40. The number of anilines is 1. The quantitative estimate of drug-likeness (QED) is 0.810. The third-order valence-corrected chi connectivity index (χ3v) is 3.53. The second-order valence-electron chi connectivity index (χ2n) is 5.06. The van der Waals surface area contributed by atoms with Crippen LogP contribution in [0.3, 0.4) is 0 Å². The van der Waals surface area contributed by atoms with Crippen LogP contribution < -0.4 is 11.1 Å². The van der Waals surface area contributed by atoms with Gasteiger partial charge in [0.1, 0.15) is 5.82 Å². The standard InChI is InChI=1S/C14H23N3O/c1-4-16-12(13(18-3)10-5-6-10)11-7-9(2)8-17-14(11)15/h7-8,10,12-13,16H,4-6H2,1-3H3,(H2,15,17). The van der Waals surface area contributed by atoms with Gasteiger partial charge in [0.25, 0.3) is 0 Å². The van der Waals surface area contributed by atoms with E-state index in [9.17, 15) is 0 Å². The highest BCUT2D eigenvalue weighted by molar-refractivity contribution is 5.43. The highest BCUT2D eigenvalue weighted by atomic mass is 16.5. The predicted molar refractivity (Wildman–Crippen MR) is 73.3 cm³/mol. The summed E-state index contributed by atoms with van der Waals surface area (Å²) < 4.78 is 5.69. The maximum Gasteiger partial charge on any atom is 0.128 e. The third kappa shape index (κ3) is 2.82. The van der Waals surface area contributed by atoms with Crippen molar-refractivity contribution in [2.45, 2.75) is 38.8 Å². The Morgan fingerprint density at radius 2 is 2.28 bits per heavy atom. The van der Waals surface area contributed by atoms with E-state index in [1.807, 2.05) is 6.92 Å². The minimum atomic E-state index is 0.139. The summed E-state index contributed by atoms with van der Waals surface area (Å²) in [5, 5.41) is 3.49. The monoisotopic (exact) mass is 249 g/mol. The molecule has 1 saturated carbocycles. The minimum absolute atomic E-state index is 0.139. The fourth-order valence-corrected chi connectivity index (χ4v) is 2.50. The molecular weight excluding hydrogens is 226 g/mol. The lowest BCUT2D eigenvalue weighted by molar-refractivity contribution is 0.0513. The summed E-state index contributed by atoms with van der Waals surface area (Å²) in [4.78, 5) is 4.26. The number of nitrogen functional groups attached to an aromatic ring is 1. The summed E-state index contributed by atoms with van der Waals surface area (Å²) in [6, 6.07) is 2.25. The van der Waals surface area contributed by atoms with Crippen molar-refractivity contribution in [3.8, 4) is 0 Å². The van der Waals surface area contributed by atoms with Crippen LogP contribution >= 0.6 is 0 Å². The van der Waals surface area contributed by atoms with Gasteiger partial charge in [0.15, 0.2) is 0 Å². The van der Waals surface area contributed by atoms with Crippen molar-refractivity contribution in [3.05, 3.63) is 23.4 Å². The van der Waals surface area contributed by atoms with Gasteiger partial charge in [0, 0.05) is 18.9 Å². The van der Waals surface area contributed by atoms with Gasteiger partial charge >= 0.3 is 0 Å². The Morgan fingerprint density at radius 1 is 1.56 bits per heavy atom. The van der Waals surface area contributed by atoms with Gasteiger partial charge in [-0.25, -0.2) is 4.98 Å². The Hall–Kier alpha value is -1.13. The van der Waals surface area contributed by atoms with E-state index in [2.05, 4.69) is 23.3 Å². The molecule has 100 valence electrons. The Kier molecular flexibility index (Phi) is 4.19. The van der Waals surface area contributed by atoms with E-state index in [1.54, 1.807) is 13.3 Å². The summed E-state index contributed by atoms with van der Waals surface area (Å²) >= 11 is 0. The number of nitrogens with zero attached hydrogens (tertiary/aromatic N) is 1. The van der Waals surface area contributed by atoms with Gasteiger partial charge in [0.05, 0.1) is 12.1 Å². The smallest absolute Gasteiger partial charge is 0.128 e. The van der Waals surface area contributed by atoms with E-state index in [0.29, 0.717) is 11.7 Å². The molecule has 1 heterocycles. The van der Waals surface area contributed by atoms with Crippen LogP contribution in [0, 0.1) is 12.8 Å². The first kappa shape index (κ1) is 13.3. The summed E-state index contributed by atoms with van der Waals surface area (Å²) in [6.45, 7) is 5.04. The number of hydrogen-bond acceptors (Lipinski definition) is 4. The number of pyridine rings is 1. The molecular formula is C14H23N3O. The molecule has 0 radical (unpaired) electrons. The molecule has 1 aromatic heterocycles. The number of nitrogens with one attached hydrogen (secondary N) is 1. The molecule has 2 atom stereocenters. The van der Waals surface area contributed by atoms with Crippen molar-refractivity contribution in [2.75, 3.05) is 19.4 Å². The molecule has 4 heteroatoms. The Labute approximate surface area is 109 Å². The maximum absolute atomic E-state index is 6.03. The zero-order chi connectivity index (χ0) is 13.1. The molecule has 2 unspecified atom stereocenters. The average molecular weight is 249 g/mol. The van der Waals surface area contributed by atoms with E-state index >= 15 is 0 Å². The van der Waals surface area contributed by atoms with Gasteiger partial charge in [-0.05, 0) is 43.9 Å². The van der Waals surface area contributed by atoms with Crippen molar-refractivity contribution in [1.82, 2.24) is 10.3 Å². The first-order valence-corrected chi connectivity index (χ1v) is 6.65. The van der Waals surface area contributed by atoms with Gasteiger partial charge in [-0.3, -0.25) is 0 Å². The molecule has 3 N–H and O–H groups in total. The van der Waals surface area contributed by atoms with E-state index in [4.69, 9.17) is 10.5 Å². The third-order valence-electron chi connectivity index (χ3n) is 3.53. The van der Waals surface area contributed by atoms with Crippen molar-refractivity contribution >= 4 is 5.82 Å². The van der Waals surface area contributed by atoms with E-state index in [1.165, 1.54) is 12.8 Å². The van der Waals surface area contributed by atoms with Crippen LogP contribution in [0.1, 0.15) is 36.9 Å². The number of aryl methyl sites for hydroxylation is 1. The minimum Gasteiger partial charge on any atom is -0.383 e. The van der Waals surface area contributed by atoms with E-state index in [0.717, 1.165) is 17.7 Å². The highest BCUT2D eigenvalue weighted by Gasteiger charge is 2.38. The number of ether oxygens (including phenoxy) is 1. The molecule has 1 aliphatic rings. The fourth-order valence-electron chi connectivity index (χ4n) is 2.50. The second kappa shape index (κ2) is 5.67. The van der Waals surface area contributed by atoms with Crippen LogP contribution in [-0.4, -0.2) is 24.7 Å². The lowest BCUT2D eigenvalue weighted by Gasteiger charge is -2.28. The number of rotatable bonds is 6. The van der Waals surface area contributed by atoms with Gasteiger partial charge in [-0.15, -0.1) is 0 Å². The van der Waals surface area contributed by atoms with E-state index < -0.39 is 0 Å². The lowest BCUT2D eigenvalue weighted by atomic mass is 9.97. The number of nitrogens with two attached hydrogens (primary N) is 1. The molecule has 4 nitrogen and oxygen atoms in total. The van der Waals surface area contributed by atoms with Crippen molar-refractivity contribution in [2.24, 2.45) is 5.92 Å². The van der Waals surface area contributed by atoms with Gasteiger partial charge in [0.2, 0.25) is 0 Å². The van der Waals surface area contributed by atoms with Crippen LogP contribution in [0.25, 0.3) is 0 Å². The predicted octanol–water partition coefficient (Wildman–Crippen LogP) is 2.05. The second-order valence-corrected chi connectivity index (χ2v) is 5.06. The summed E-state index contributed by atoms with van der Waals surface area (Å²) in [6.07, 6.45) is 4.50.